The predicted molar refractivity (Wildman–Crippen MR) is 171 cm³/mol. The highest BCUT2D eigenvalue weighted by Crippen LogP contribution is 2.62. The molecule has 1 fully saturated rings. The van der Waals surface area contributed by atoms with Crippen LogP contribution in [0.2, 0.25) is 0 Å². The molecule has 0 spiro atoms. The third-order valence-corrected chi connectivity index (χ3v) is 11.2. The zero-order valence-electron chi connectivity index (χ0n) is 28.7. The van der Waals surface area contributed by atoms with Crippen molar-refractivity contribution >= 4 is 49.5 Å². The van der Waals surface area contributed by atoms with E-state index in [4.69, 9.17) is 9.47 Å². The summed E-state index contributed by atoms with van der Waals surface area (Å²) in [6, 6.07) is 8.14. The first kappa shape index (κ1) is 25.0. The number of carbonyl (C=O) groups excluding carboxylic acids is 1. The van der Waals surface area contributed by atoms with E-state index < -0.39 is 29.5 Å². The van der Waals surface area contributed by atoms with E-state index in [1.54, 1.807) is 0 Å². The maximum atomic E-state index is 14.5. The molecule has 43 heavy (non-hydrogen) atoms. The Hall–Kier alpha value is -3.39. The van der Waals surface area contributed by atoms with Crippen molar-refractivity contribution < 1.29 is 22.1 Å². The highest BCUT2D eigenvalue weighted by atomic mass is 16.6. The van der Waals surface area contributed by atoms with Crippen LogP contribution in [-0.4, -0.2) is 51.4 Å². The minimum absolute atomic E-state index is 0.0469. The zero-order valence-corrected chi connectivity index (χ0v) is 26.7. The number of aliphatic hydroxyl groups is 1. The Morgan fingerprint density at radius 3 is 2.44 bits per heavy atom. The fourth-order valence-corrected chi connectivity index (χ4v) is 8.82. The summed E-state index contributed by atoms with van der Waals surface area (Å²) < 4.78 is 36.3. The molecule has 224 valence electrons. The lowest BCUT2D eigenvalue weighted by atomic mass is 9.80. The second kappa shape index (κ2) is 8.00. The molecule has 0 radical (unpaired) electrons. The number of hydrogen-bond acceptors (Lipinski definition) is 4. The minimum Gasteiger partial charge on any atom is -0.382 e. The number of ether oxygens (including phenoxy) is 2. The maximum absolute atomic E-state index is 14.5. The predicted octanol–water partition coefficient (Wildman–Crippen LogP) is 7.08. The van der Waals surface area contributed by atoms with Crippen molar-refractivity contribution in [2.75, 3.05) is 20.8 Å². The van der Waals surface area contributed by atoms with Gasteiger partial charge < -0.3 is 28.6 Å². The Morgan fingerprint density at radius 1 is 1.05 bits per heavy atom. The van der Waals surface area contributed by atoms with Gasteiger partial charge in [-0.25, -0.2) is 0 Å². The van der Waals surface area contributed by atoms with E-state index in [1.165, 1.54) is 7.11 Å². The van der Waals surface area contributed by atoms with Gasteiger partial charge in [0.2, 0.25) is 0 Å². The van der Waals surface area contributed by atoms with E-state index in [9.17, 15) is 12.6 Å². The Labute approximate surface area is 254 Å². The van der Waals surface area contributed by atoms with Crippen LogP contribution in [0, 0.1) is 33.6 Å². The topological polar surface area (TPSA) is 68.9 Å². The Balaban J connectivity index is 1.83. The van der Waals surface area contributed by atoms with Gasteiger partial charge in [0, 0.05) is 56.3 Å². The lowest BCUT2D eigenvalue weighted by molar-refractivity contribution is -0.228. The van der Waals surface area contributed by atoms with Crippen LogP contribution in [0.5, 0.6) is 0 Å². The van der Waals surface area contributed by atoms with Crippen LogP contribution in [0.1, 0.15) is 81.2 Å². The van der Waals surface area contributed by atoms with E-state index in [0.717, 1.165) is 71.4 Å². The normalized spacial score (nSPS) is 27.8. The summed E-state index contributed by atoms with van der Waals surface area (Å²) >= 11 is 0. The lowest BCUT2D eigenvalue weighted by Crippen LogP contribution is -2.58. The number of benzene rings is 3. The van der Waals surface area contributed by atoms with Gasteiger partial charge in [0.15, 0.2) is 5.72 Å². The minimum atomic E-state index is -2.29. The number of nitrogens with zero attached hydrogens (tertiary/aromatic N) is 3. The molecule has 7 nitrogen and oxygen atoms in total. The van der Waals surface area contributed by atoms with Crippen molar-refractivity contribution in [3.8, 4) is 0 Å². The summed E-state index contributed by atoms with van der Waals surface area (Å²) in [6.07, 6.45) is -3.49. The van der Waals surface area contributed by atoms with Crippen LogP contribution in [0.3, 0.4) is 0 Å². The number of hydrogen-bond donors (Lipinski definition) is 1. The van der Waals surface area contributed by atoms with Crippen LogP contribution >= 0.6 is 0 Å². The second-order valence-electron chi connectivity index (χ2n) is 13.9. The Kier molecular flexibility index (Phi) is 4.65. The molecule has 8 rings (SSSR count). The van der Waals surface area contributed by atoms with Gasteiger partial charge in [-0.15, -0.1) is 0 Å². The first-order valence-electron chi connectivity index (χ1n) is 16.2. The summed E-state index contributed by atoms with van der Waals surface area (Å²) in [7, 11) is 3.37. The van der Waals surface area contributed by atoms with Gasteiger partial charge >= 0.3 is 0 Å². The van der Waals surface area contributed by atoms with Crippen LogP contribution in [-0.2, 0) is 20.7 Å². The maximum Gasteiger partial charge on any atom is 0.255 e. The zero-order chi connectivity index (χ0) is 32.5. The quantitative estimate of drug-likeness (QED) is 0.247. The molecule has 5 heterocycles. The molecule has 3 aliphatic rings. The molecule has 1 amide bonds. The number of fused-ring (bicyclic) bond motifs is 13. The molecular weight excluding hydrogens is 538 g/mol. The van der Waals surface area contributed by atoms with Gasteiger partial charge in [0.1, 0.15) is 11.8 Å². The van der Waals surface area contributed by atoms with E-state index in [2.05, 4.69) is 45.3 Å². The SMILES string of the molecule is [2H]C1([2H])[C@H]2O[C@](C(C)C)(n3c4cc(C)c(C)c(C)c4c4c5c(c6c7c(C)cccc7n2c6c43)C(=O)N(C)C5(C)C)[C@@]1(O)COC. The molecule has 3 aliphatic heterocycles. The van der Waals surface area contributed by atoms with Crippen molar-refractivity contribution in [1.82, 2.24) is 14.0 Å². The molecule has 3 aromatic carbocycles. The molecule has 0 saturated carbocycles. The molecule has 0 unspecified atom stereocenters. The summed E-state index contributed by atoms with van der Waals surface area (Å²) in [6.45, 7) is 16.3. The van der Waals surface area contributed by atoms with Crippen molar-refractivity contribution in [2.45, 2.75) is 84.9 Å². The van der Waals surface area contributed by atoms with Crippen molar-refractivity contribution in [2.24, 2.45) is 5.92 Å². The first-order valence-corrected chi connectivity index (χ1v) is 15.2. The third kappa shape index (κ3) is 2.73. The van der Waals surface area contributed by atoms with Gasteiger partial charge in [-0.2, -0.15) is 0 Å². The fraction of sp³-hybridized carbons (Fsp3) is 0.472. The van der Waals surface area contributed by atoms with Crippen molar-refractivity contribution in [3.05, 3.63) is 57.6 Å². The molecule has 5 aromatic rings. The molecule has 1 N–H and O–H groups in total. The Morgan fingerprint density at radius 2 is 1.77 bits per heavy atom. The fourth-order valence-electron chi connectivity index (χ4n) is 8.82. The van der Waals surface area contributed by atoms with Crippen LogP contribution < -0.4 is 0 Å². The van der Waals surface area contributed by atoms with Gasteiger partial charge in [-0.1, -0.05) is 26.0 Å². The molecule has 2 bridgehead atoms. The molecule has 3 atom stereocenters. The molecule has 0 aliphatic carbocycles. The number of amides is 1. The van der Waals surface area contributed by atoms with Crippen LogP contribution in [0.4, 0.5) is 0 Å². The van der Waals surface area contributed by atoms with Gasteiger partial charge in [-0.05, 0) is 75.9 Å². The number of methoxy groups -OCH3 is 1. The Bertz CT molecular complexity index is 2210. The number of rotatable bonds is 3. The van der Waals surface area contributed by atoms with E-state index >= 15 is 0 Å². The standard InChI is InChI=1S/C36H41N3O4/c1-17(2)36-35(41,16-42-10)15-24(43-36)38-22-13-11-12-18(3)25(22)27-29-30(34(7,8)37(9)33(29)40)28-26-21(6)20(5)19(4)14-23(26)39(36)32(28)31(27)38/h11-14,17,24,41H,15-16H2,1-10H3/t24-,35+,36+/m1/s1/i15D2. The van der Waals surface area contributed by atoms with Gasteiger partial charge in [0.25, 0.3) is 5.91 Å². The highest BCUT2D eigenvalue weighted by Gasteiger charge is 2.65. The van der Waals surface area contributed by atoms with E-state index in [0.29, 0.717) is 5.56 Å². The van der Waals surface area contributed by atoms with Crippen LogP contribution in [0.15, 0.2) is 24.3 Å². The third-order valence-electron chi connectivity index (χ3n) is 11.2. The molecule has 1 saturated heterocycles. The summed E-state index contributed by atoms with van der Waals surface area (Å²) in [5, 5.41) is 16.7. The van der Waals surface area contributed by atoms with Crippen LogP contribution in [0.25, 0.3) is 43.6 Å². The van der Waals surface area contributed by atoms with E-state index in [-0.39, 0.29) is 18.4 Å². The summed E-state index contributed by atoms with van der Waals surface area (Å²) in [5.74, 6) is -0.425. The number of aryl methyl sites for hydroxylation is 3. The van der Waals surface area contributed by atoms with Gasteiger partial charge in [-0.3, -0.25) is 4.79 Å². The molecular formula is C36H41N3O4. The summed E-state index contributed by atoms with van der Waals surface area (Å²) in [5.41, 5.74) is 4.95. The van der Waals surface area contributed by atoms with Gasteiger partial charge in [0.05, 0.1) is 39.8 Å². The van der Waals surface area contributed by atoms with Crippen molar-refractivity contribution in [1.29, 1.82) is 0 Å². The largest absolute Gasteiger partial charge is 0.382 e. The van der Waals surface area contributed by atoms with E-state index in [1.807, 2.05) is 55.5 Å². The molecule has 2 aromatic heterocycles. The lowest BCUT2D eigenvalue weighted by Gasteiger charge is -2.45. The average Bonchev–Trinajstić information content (AvgIpc) is 3.54. The number of aromatic nitrogens is 2. The smallest absolute Gasteiger partial charge is 0.255 e. The average molecular weight is 582 g/mol. The number of carbonyl (C=O) groups is 1. The monoisotopic (exact) mass is 581 g/mol. The molecule has 7 heteroatoms. The van der Waals surface area contributed by atoms with Crippen molar-refractivity contribution in [3.63, 3.8) is 0 Å². The highest BCUT2D eigenvalue weighted by molar-refractivity contribution is 6.32. The second-order valence-corrected chi connectivity index (χ2v) is 13.9. The summed E-state index contributed by atoms with van der Waals surface area (Å²) in [4.78, 5) is 16.3. The first-order chi connectivity index (χ1) is 21.0.